The fraction of sp³-hybridized carbons (Fsp3) is 0.833. The van der Waals surface area contributed by atoms with Crippen molar-refractivity contribution in [1.82, 2.24) is 0 Å². The predicted molar refractivity (Wildman–Crippen MR) is 87.3 cm³/mol. The van der Waals surface area contributed by atoms with Gasteiger partial charge in [-0.25, -0.2) is 0 Å². The third-order valence-corrected chi connectivity index (χ3v) is 6.13. The number of aliphatic hydroxyl groups excluding tert-OH is 3. The molecule has 7 nitrogen and oxygen atoms in total. The van der Waals surface area contributed by atoms with Crippen molar-refractivity contribution in [3.8, 4) is 0 Å². The van der Waals surface area contributed by atoms with Gasteiger partial charge in [0.2, 0.25) is 0 Å². The molecule has 2 fully saturated rings. The Morgan fingerprint density at radius 3 is 2.52 bits per heavy atom. The van der Waals surface area contributed by atoms with E-state index < -0.39 is 36.7 Å². The van der Waals surface area contributed by atoms with Crippen molar-refractivity contribution in [2.75, 3.05) is 6.61 Å². The quantitative estimate of drug-likeness (QED) is 0.493. The molecule has 0 aromatic rings. The maximum atomic E-state index is 11.0. The Morgan fingerprint density at radius 2 is 1.96 bits per heavy atom. The van der Waals surface area contributed by atoms with Crippen molar-refractivity contribution in [1.29, 1.82) is 0 Å². The molecule has 0 unspecified atom stereocenters. The van der Waals surface area contributed by atoms with Crippen molar-refractivity contribution in [2.24, 2.45) is 17.3 Å². The van der Waals surface area contributed by atoms with E-state index in [1.165, 1.54) is 12.5 Å². The number of fused-ring (bicyclic) bond motifs is 1. The van der Waals surface area contributed by atoms with Crippen LogP contribution in [0.3, 0.4) is 0 Å². The number of hydrogen-bond acceptors (Lipinski definition) is 7. The molecule has 0 aromatic heterocycles. The van der Waals surface area contributed by atoms with Gasteiger partial charge < -0.3 is 29.5 Å². The zero-order chi connectivity index (χ0) is 18.5. The Hall–Kier alpha value is -0.990. The van der Waals surface area contributed by atoms with Crippen LogP contribution in [0.25, 0.3) is 0 Å². The van der Waals surface area contributed by atoms with Gasteiger partial charge in [0.05, 0.1) is 6.10 Å². The van der Waals surface area contributed by atoms with Gasteiger partial charge in [-0.3, -0.25) is 4.79 Å². The number of hydrogen-bond donors (Lipinski definition) is 3. The average molecular weight is 356 g/mol. The SMILES string of the molecule is CC(=O)OC[C@H]1O[C@@H](O[C@@H]2C=C(C)[C@@H]3C[C@H]2C3(C)C)[C@H](O)[C@@H](O)[C@@H]1O. The molecular formula is C18H28O7. The fourth-order valence-electron chi connectivity index (χ4n) is 4.44. The minimum atomic E-state index is -1.44. The molecule has 142 valence electrons. The van der Waals surface area contributed by atoms with Gasteiger partial charge in [0.1, 0.15) is 31.0 Å². The van der Waals surface area contributed by atoms with E-state index in [0.717, 1.165) is 6.42 Å². The second-order valence-electron chi connectivity index (χ2n) is 8.04. The minimum absolute atomic E-state index is 0.123. The highest BCUT2D eigenvalue weighted by Crippen LogP contribution is 2.59. The molecule has 0 amide bonds. The van der Waals surface area contributed by atoms with E-state index in [4.69, 9.17) is 14.2 Å². The van der Waals surface area contributed by atoms with E-state index in [1.807, 2.05) is 0 Å². The minimum Gasteiger partial charge on any atom is -0.463 e. The molecule has 0 spiro atoms. The number of carbonyl (C=O) groups excluding carboxylic acids is 1. The summed E-state index contributed by atoms with van der Waals surface area (Å²) in [5.41, 5.74) is 1.39. The largest absolute Gasteiger partial charge is 0.463 e. The first kappa shape index (κ1) is 18.8. The molecule has 0 radical (unpaired) electrons. The summed E-state index contributed by atoms with van der Waals surface area (Å²) >= 11 is 0. The standard InChI is InChI=1S/C18H28O7/c1-8-5-12(11-6-10(8)18(11,3)4)24-17-16(22)15(21)14(20)13(25-17)7-23-9(2)19/h5,10-17,20-22H,6-7H2,1-4H3/t10-,11+,12+,13+,14+,15-,16+,17+/m0/s1. The zero-order valence-electron chi connectivity index (χ0n) is 15.1. The molecule has 2 bridgehead atoms. The lowest BCUT2D eigenvalue weighted by atomic mass is 9.48. The number of ether oxygens (including phenoxy) is 3. The Bertz CT molecular complexity index is 558. The van der Waals surface area contributed by atoms with Gasteiger partial charge in [-0.2, -0.15) is 0 Å². The molecule has 1 saturated heterocycles. The topological polar surface area (TPSA) is 105 Å². The van der Waals surface area contributed by atoms with Crippen LogP contribution in [0.1, 0.15) is 34.1 Å². The Kier molecular flexibility index (Phi) is 4.98. The van der Waals surface area contributed by atoms with Crippen LogP contribution in [0.15, 0.2) is 11.6 Å². The summed E-state index contributed by atoms with van der Waals surface area (Å²) < 4.78 is 16.5. The Balaban J connectivity index is 1.70. The molecule has 4 rings (SSSR count). The number of allylic oxidation sites excluding steroid dienone is 1. The molecule has 7 heteroatoms. The van der Waals surface area contributed by atoms with Crippen molar-refractivity contribution >= 4 is 5.97 Å². The van der Waals surface area contributed by atoms with Crippen LogP contribution in [-0.2, 0) is 19.0 Å². The second kappa shape index (κ2) is 6.63. The van der Waals surface area contributed by atoms with Gasteiger partial charge in [0, 0.05) is 6.92 Å². The molecular weight excluding hydrogens is 328 g/mol. The average Bonchev–Trinajstić information content (AvgIpc) is 2.53. The van der Waals surface area contributed by atoms with E-state index in [-0.39, 0.29) is 18.1 Å². The third-order valence-electron chi connectivity index (χ3n) is 6.13. The summed E-state index contributed by atoms with van der Waals surface area (Å²) in [5, 5.41) is 30.4. The molecule has 4 aliphatic rings. The highest BCUT2D eigenvalue weighted by atomic mass is 16.7. The molecule has 1 saturated carbocycles. The maximum absolute atomic E-state index is 11.0. The van der Waals surface area contributed by atoms with Gasteiger partial charge >= 0.3 is 5.97 Å². The van der Waals surface area contributed by atoms with Crippen LogP contribution in [0.2, 0.25) is 0 Å². The molecule has 0 aromatic carbocycles. The molecule has 1 aliphatic heterocycles. The maximum Gasteiger partial charge on any atom is 0.302 e. The van der Waals surface area contributed by atoms with E-state index in [2.05, 4.69) is 26.8 Å². The summed E-state index contributed by atoms with van der Waals surface area (Å²) in [6.07, 6.45) is -3.36. The lowest BCUT2D eigenvalue weighted by Crippen LogP contribution is -2.62. The predicted octanol–water partition coefficient (Wildman–Crippen LogP) is 0.364. The third kappa shape index (κ3) is 3.24. The normalized spacial score (nSPS) is 45.3. The van der Waals surface area contributed by atoms with Crippen LogP contribution in [0.5, 0.6) is 0 Å². The summed E-state index contributed by atoms with van der Waals surface area (Å²) in [5.74, 6) is 0.355. The van der Waals surface area contributed by atoms with Gasteiger partial charge in [0.15, 0.2) is 6.29 Å². The lowest BCUT2D eigenvalue weighted by molar-refractivity contribution is -0.318. The molecule has 3 aliphatic carbocycles. The van der Waals surface area contributed by atoms with Gasteiger partial charge in [-0.1, -0.05) is 25.5 Å². The summed E-state index contributed by atoms with van der Waals surface area (Å²) in [6, 6.07) is 0. The summed E-state index contributed by atoms with van der Waals surface area (Å²) in [6.45, 7) is 7.53. The molecule has 25 heavy (non-hydrogen) atoms. The van der Waals surface area contributed by atoms with Gasteiger partial charge in [-0.05, 0) is 30.6 Å². The van der Waals surface area contributed by atoms with Crippen molar-refractivity contribution in [3.63, 3.8) is 0 Å². The van der Waals surface area contributed by atoms with Crippen molar-refractivity contribution in [2.45, 2.75) is 70.9 Å². The highest BCUT2D eigenvalue weighted by molar-refractivity contribution is 5.65. The van der Waals surface area contributed by atoms with E-state index in [0.29, 0.717) is 11.8 Å². The Morgan fingerprint density at radius 1 is 1.28 bits per heavy atom. The molecule has 3 N–H and O–H groups in total. The monoisotopic (exact) mass is 356 g/mol. The van der Waals surface area contributed by atoms with Crippen LogP contribution in [0, 0.1) is 17.3 Å². The first-order valence-electron chi connectivity index (χ1n) is 8.79. The number of carbonyl (C=O) groups is 1. The Labute approximate surface area is 147 Å². The number of esters is 1. The number of aliphatic hydroxyl groups is 3. The van der Waals surface area contributed by atoms with E-state index in [1.54, 1.807) is 0 Å². The summed E-state index contributed by atoms with van der Waals surface area (Å²) in [7, 11) is 0. The van der Waals surface area contributed by atoms with Crippen LogP contribution in [-0.4, -0.2) is 64.7 Å². The van der Waals surface area contributed by atoms with Gasteiger partial charge in [-0.15, -0.1) is 0 Å². The van der Waals surface area contributed by atoms with E-state index in [9.17, 15) is 20.1 Å². The smallest absolute Gasteiger partial charge is 0.302 e. The zero-order valence-corrected chi connectivity index (χ0v) is 15.1. The van der Waals surface area contributed by atoms with Crippen molar-refractivity contribution in [3.05, 3.63) is 11.6 Å². The second-order valence-corrected chi connectivity index (χ2v) is 8.04. The van der Waals surface area contributed by atoms with Crippen LogP contribution >= 0.6 is 0 Å². The first-order valence-corrected chi connectivity index (χ1v) is 8.79. The summed E-state index contributed by atoms with van der Waals surface area (Å²) in [4.78, 5) is 11.0. The first-order chi connectivity index (χ1) is 11.6. The van der Waals surface area contributed by atoms with Crippen LogP contribution < -0.4 is 0 Å². The van der Waals surface area contributed by atoms with Crippen molar-refractivity contribution < 1.29 is 34.3 Å². The molecule has 1 heterocycles. The molecule has 8 atom stereocenters. The van der Waals surface area contributed by atoms with E-state index >= 15 is 0 Å². The number of rotatable bonds is 4. The lowest BCUT2D eigenvalue weighted by Gasteiger charge is -2.59. The van der Waals surface area contributed by atoms with Gasteiger partial charge in [0.25, 0.3) is 0 Å². The fourth-order valence-corrected chi connectivity index (χ4v) is 4.44. The highest BCUT2D eigenvalue weighted by Gasteiger charge is 2.56. The van der Waals surface area contributed by atoms with Crippen LogP contribution in [0.4, 0.5) is 0 Å².